The summed E-state index contributed by atoms with van der Waals surface area (Å²) in [6, 6.07) is 5.99. The van der Waals surface area contributed by atoms with Gasteiger partial charge in [-0.2, -0.15) is 0 Å². The van der Waals surface area contributed by atoms with Gasteiger partial charge in [-0.25, -0.2) is 20.5 Å². The highest BCUT2D eigenvalue weighted by atomic mass is 16.3. The van der Waals surface area contributed by atoms with Crippen molar-refractivity contribution in [2.45, 2.75) is 76.6 Å². The van der Waals surface area contributed by atoms with Crippen LogP contribution in [0.3, 0.4) is 0 Å². The number of benzene rings is 2. The third kappa shape index (κ3) is 3.11. The number of hydrogen-bond donors (Lipinski definition) is 2. The molecule has 9 nitrogen and oxygen atoms in total. The summed E-state index contributed by atoms with van der Waals surface area (Å²) in [7, 11) is 0. The Morgan fingerprint density at radius 2 is 1.17 bits per heavy atom. The summed E-state index contributed by atoms with van der Waals surface area (Å²) in [4.78, 5) is 54.1. The van der Waals surface area contributed by atoms with Gasteiger partial charge in [-0.05, 0) is 70.2 Å². The summed E-state index contributed by atoms with van der Waals surface area (Å²) in [6.07, 6.45) is 4.27. The second-order valence-electron chi connectivity index (χ2n) is 10.2. The maximum absolute atomic E-state index is 13.7. The lowest BCUT2D eigenvalue weighted by Gasteiger charge is -2.46. The summed E-state index contributed by atoms with van der Waals surface area (Å²) >= 11 is 0. The monoisotopic (exact) mass is 476 g/mol. The molecule has 35 heavy (non-hydrogen) atoms. The number of nitrogens with zero attached hydrogens (tertiary/aromatic N) is 3. The zero-order chi connectivity index (χ0) is 24.6. The maximum Gasteiger partial charge on any atom is 0.276 e. The Labute approximate surface area is 202 Å². The number of hydrogen-bond acceptors (Lipinski definition) is 7. The number of imide groups is 2. The van der Waals surface area contributed by atoms with Gasteiger partial charge in [-0.3, -0.25) is 19.2 Å². The third-order valence-electron chi connectivity index (χ3n) is 8.03. The lowest BCUT2D eigenvalue weighted by atomic mass is 9.86. The third-order valence-corrected chi connectivity index (χ3v) is 8.03. The maximum atomic E-state index is 13.7. The molecule has 0 aromatic heterocycles. The first kappa shape index (κ1) is 22.3. The predicted octanol–water partition coefficient (Wildman–Crippen LogP) is 2.63. The van der Waals surface area contributed by atoms with Crippen LogP contribution < -0.4 is 5.43 Å². The van der Waals surface area contributed by atoms with Crippen LogP contribution >= 0.6 is 0 Å². The molecule has 0 radical (unpaired) electrons. The number of nitrogens with one attached hydrogen (secondary N) is 1. The van der Waals surface area contributed by atoms with Gasteiger partial charge in [-0.15, -0.1) is 0 Å². The number of hydrazine groups is 2. The number of carbonyl (C=O) groups is 4. The molecule has 2 aromatic carbocycles. The van der Waals surface area contributed by atoms with Gasteiger partial charge in [0.05, 0.1) is 34.4 Å². The fourth-order valence-corrected chi connectivity index (χ4v) is 6.25. The summed E-state index contributed by atoms with van der Waals surface area (Å²) in [5, 5.41) is 15.0. The van der Waals surface area contributed by atoms with Crippen molar-refractivity contribution in [1.29, 1.82) is 0 Å². The largest absolute Gasteiger partial charge is 0.391 e. The van der Waals surface area contributed by atoms with Crippen molar-refractivity contribution >= 4 is 34.4 Å². The average Bonchev–Trinajstić information content (AvgIpc) is 3.24. The zero-order valence-corrected chi connectivity index (χ0v) is 19.8. The minimum Gasteiger partial charge on any atom is -0.391 e. The molecule has 3 heterocycles. The number of rotatable bonds is 3. The lowest BCUT2D eigenvalue weighted by molar-refractivity contribution is -0.0602. The quantitative estimate of drug-likeness (QED) is 0.656. The van der Waals surface area contributed by atoms with Gasteiger partial charge >= 0.3 is 0 Å². The Morgan fingerprint density at radius 3 is 1.63 bits per heavy atom. The van der Waals surface area contributed by atoms with Crippen LogP contribution in [0.1, 0.15) is 93.8 Å². The number of aliphatic hydroxyl groups is 1. The first-order valence-electron chi connectivity index (χ1n) is 12.4. The minimum absolute atomic E-state index is 0.0369. The van der Waals surface area contributed by atoms with Gasteiger partial charge in [0.25, 0.3) is 23.6 Å². The Kier molecular flexibility index (Phi) is 5.07. The molecule has 1 saturated carbocycles. The standard InChI is InChI=1S/C26H28N4O5/c1-13-5-3-6-14(2)29(13)30-25(34)17-11-9-15-21-16(10-12-18(22(17)21)26(30)35)24(33)28(23(15)32)27-19-7-4-8-20(19)31/h9-14,19-20,27,31H,3-8H2,1-2H3. The molecule has 6 rings (SSSR count). The second-order valence-corrected chi connectivity index (χ2v) is 10.2. The summed E-state index contributed by atoms with van der Waals surface area (Å²) in [5.74, 6) is -1.96. The van der Waals surface area contributed by atoms with E-state index in [0.29, 0.717) is 34.7 Å². The van der Waals surface area contributed by atoms with E-state index in [2.05, 4.69) is 5.43 Å². The van der Waals surface area contributed by atoms with Crippen LogP contribution in [-0.4, -0.2) is 68.0 Å². The van der Waals surface area contributed by atoms with E-state index in [9.17, 15) is 24.3 Å². The van der Waals surface area contributed by atoms with E-state index in [-0.39, 0.29) is 29.3 Å². The van der Waals surface area contributed by atoms with E-state index in [1.165, 1.54) is 5.01 Å². The van der Waals surface area contributed by atoms with Crippen LogP contribution in [0.25, 0.3) is 10.8 Å². The van der Waals surface area contributed by atoms with Crippen LogP contribution in [0.5, 0.6) is 0 Å². The first-order chi connectivity index (χ1) is 16.8. The molecule has 9 heteroatoms. The van der Waals surface area contributed by atoms with Crippen LogP contribution in [-0.2, 0) is 0 Å². The van der Waals surface area contributed by atoms with Crippen molar-refractivity contribution in [3.05, 3.63) is 46.5 Å². The SMILES string of the molecule is CC1CCCC(C)N1N1C(=O)c2ccc3c4c(ccc(c24)C1=O)C(=O)N(NC1CCCC1O)C3=O. The molecule has 1 saturated heterocycles. The van der Waals surface area contributed by atoms with Gasteiger partial charge in [0.1, 0.15) is 0 Å². The van der Waals surface area contributed by atoms with Gasteiger partial charge in [0.2, 0.25) is 0 Å². The van der Waals surface area contributed by atoms with Crippen LogP contribution in [0.4, 0.5) is 0 Å². The Bertz CT molecular complexity index is 1230. The van der Waals surface area contributed by atoms with Crippen molar-refractivity contribution in [1.82, 2.24) is 20.5 Å². The highest BCUT2D eigenvalue weighted by Gasteiger charge is 2.44. The molecule has 4 aliphatic rings. The van der Waals surface area contributed by atoms with Crippen molar-refractivity contribution < 1.29 is 24.3 Å². The molecule has 4 atom stereocenters. The minimum atomic E-state index is -0.631. The zero-order valence-electron chi connectivity index (χ0n) is 19.8. The average molecular weight is 477 g/mol. The molecule has 1 aliphatic carbocycles. The molecule has 0 spiro atoms. The summed E-state index contributed by atoms with van der Waals surface area (Å²) < 4.78 is 0. The Hall–Kier alpha value is -3.14. The number of aliphatic hydroxyl groups excluding tert-OH is 1. The molecule has 2 aromatic rings. The van der Waals surface area contributed by atoms with Gasteiger partial charge < -0.3 is 5.11 Å². The molecule has 0 bridgehead atoms. The van der Waals surface area contributed by atoms with Gasteiger partial charge in [0.15, 0.2) is 0 Å². The van der Waals surface area contributed by atoms with E-state index in [1.54, 1.807) is 24.3 Å². The highest BCUT2D eigenvalue weighted by molar-refractivity contribution is 6.33. The van der Waals surface area contributed by atoms with Crippen molar-refractivity contribution in [2.75, 3.05) is 0 Å². The normalized spacial score (nSPS) is 29.0. The molecule has 2 N–H and O–H groups in total. The van der Waals surface area contributed by atoms with Crippen molar-refractivity contribution in [3.63, 3.8) is 0 Å². The molecule has 4 unspecified atom stereocenters. The molecular formula is C26H28N4O5. The smallest absolute Gasteiger partial charge is 0.276 e. The Balaban J connectivity index is 1.45. The van der Waals surface area contributed by atoms with E-state index in [1.807, 2.05) is 18.9 Å². The number of amides is 4. The first-order valence-corrected chi connectivity index (χ1v) is 12.4. The van der Waals surface area contributed by atoms with Crippen LogP contribution in [0.2, 0.25) is 0 Å². The van der Waals surface area contributed by atoms with E-state index >= 15 is 0 Å². The Morgan fingerprint density at radius 1 is 0.714 bits per heavy atom. The second kappa shape index (κ2) is 7.94. The van der Waals surface area contributed by atoms with Gasteiger partial charge in [0, 0.05) is 22.9 Å². The molecule has 2 fully saturated rings. The molecule has 4 amide bonds. The van der Waals surface area contributed by atoms with Crippen molar-refractivity contribution in [2.24, 2.45) is 0 Å². The van der Waals surface area contributed by atoms with E-state index in [4.69, 9.17) is 0 Å². The predicted molar refractivity (Wildman–Crippen MR) is 126 cm³/mol. The molecule has 3 aliphatic heterocycles. The summed E-state index contributed by atoms with van der Waals surface area (Å²) in [5.41, 5.74) is 4.07. The summed E-state index contributed by atoms with van der Waals surface area (Å²) in [6.45, 7) is 4.04. The van der Waals surface area contributed by atoms with Gasteiger partial charge in [-0.1, -0.05) is 6.42 Å². The van der Waals surface area contributed by atoms with Crippen LogP contribution in [0.15, 0.2) is 24.3 Å². The van der Waals surface area contributed by atoms with E-state index < -0.39 is 29.7 Å². The fourth-order valence-electron chi connectivity index (χ4n) is 6.25. The van der Waals surface area contributed by atoms with Crippen LogP contribution in [0, 0.1) is 0 Å². The molecule has 182 valence electrons. The molecular weight excluding hydrogens is 448 g/mol. The number of piperidine rings is 1. The van der Waals surface area contributed by atoms with E-state index in [0.717, 1.165) is 30.7 Å². The van der Waals surface area contributed by atoms with Crippen molar-refractivity contribution in [3.8, 4) is 0 Å². The highest BCUT2D eigenvalue weighted by Crippen LogP contribution is 2.39. The lowest BCUT2D eigenvalue weighted by Crippen LogP contribution is -2.60. The fraction of sp³-hybridized carbons (Fsp3) is 0.462. The topological polar surface area (TPSA) is 110 Å². The number of carbonyl (C=O) groups excluding carboxylic acids is 4.